The third kappa shape index (κ3) is 3.42. The molecule has 0 radical (unpaired) electrons. The van der Waals surface area contributed by atoms with Crippen LogP contribution in [0.3, 0.4) is 0 Å². The van der Waals surface area contributed by atoms with Crippen LogP contribution in [0, 0.1) is 0 Å². The van der Waals surface area contributed by atoms with Crippen LogP contribution in [0.25, 0.3) is 0 Å². The molecule has 1 amide bonds. The first kappa shape index (κ1) is 14.7. The highest BCUT2D eigenvalue weighted by Crippen LogP contribution is 2.33. The lowest BCUT2D eigenvalue weighted by molar-refractivity contribution is -0.129. The lowest BCUT2D eigenvalue weighted by atomic mass is 10.1. The first-order chi connectivity index (χ1) is 9.76. The summed E-state index contributed by atoms with van der Waals surface area (Å²) < 4.78 is 11.2. The summed E-state index contributed by atoms with van der Waals surface area (Å²) in [6.07, 6.45) is 0. The minimum Gasteiger partial charge on any atom is -0.486 e. The lowest BCUT2D eigenvalue weighted by Gasteiger charge is -2.22. The van der Waals surface area contributed by atoms with E-state index in [0.29, 0.717) is 26.3 Å². The van der Waals surface area contributed by atoms with Crippen molar-refractivity contribution in [1.29, 1.82) is 0 Å². The van der Waals surface area contributed by atoms with Gasteiger partial charge in [0.2, 0.25) is 5.91 Å². The number of hydrogen-bond acceptors (Lipinski definition) is 4. The number of benzene rings is 1. The van der Waals surface area contributed by atoms with Gasteiger partial charge in [0.25, 0.3) is 0 Å². The molecule has 20 heavy (non-hydrogen) atoms. The Hall–Kier alpha value is -1.75. The Kier molecular flexibility index (Phi) is 5.24. The van der Waals surface area contributed by atoms with E-state index in [9.17, 15) is 4.79 Å². The van der Waals surface area contributed by atoms with Crippen LogP contribution < -0.4 is 14.8 Å². The van der Waals surface area contributed by atoms with Crippen molar-refractivity contribution in [2.75, 3.05) is 32.8 Å². The molecule has 0 bridgehead atoms. The molecule has 5 heteroatoms. The summed E-state index contributed by atoms with van der Waals surface area (Å²) in [5, 5.41) is 3.17. The number of carbonyl (C=O) groups is 1. The minimum atomic E-state index is 0.122. The fraction of sp³-hybridized carbons (Fsp3) is 0.533. The van der Waals surface area contributed by atoms with Crippen LogP contribution in [-0.2, 0) is 11.3 Å². The van der Waals surface area contributed by atoms with Crippen molar-refractivity contribution in [1.82, 2.24) is 10.2 Å². The second kappa shape index (κ2) is 7.14. The van der Waals surface area contributed by atoms with E-state index in [4.69, 9.17) is 9.47 Å². The third-order valence-corrected chi connectivity index (χ3v) is 3.36. The van der Waals surface area contributed by atoms with E-state index in [1.165, 1.54) is 0 Å². The van der Waals surface area contributed by atoms with Gasteiger partial charge in [-0.05, 0) is 19.9 Å². The van der Waals surface area contributed by atoms with Crippen molar-refractivity contribution < 1.29 is 14.3 Å². The van der Waals surface area contributed by atoms with Crippen LogP contribution in [0.5, 0.6) is 11.5 Å². The molecule has 0 unspecified atom stereocenters. The number of nitrogens with zero attached hydrogens (tertiary/aromatic N) is 1. The maximum Gasteiger partial charge on any atom is 0.236 e. The van der Waals surface area contributed by atoms with Gasteiger partial charge in [0.05, 0.1) is 6.54 Å². The van der Waals surface area contributed by atoms with E-state index in [1.807, 2.05) is 36.9 Å². The van der Waals surface area contributed by atoms with Gasteiger partial charge in [0.1, 0.15) is 13.2 Å². The fourth-order valence-electron chi connectivity index (χ4n) is 2.27. The number of likely N-dealkylation sites (N-methyl/N-ethyl adjacent to an activating group) is 1. The topological polar surface area (TPSA) is 50.8 Å². The molecular weight excluding hydrogens is 256 g/mol. The molecule has 0 fully saturated rings. The Morgan fingerprint density at radius 1 is 1.25 bits per heavy atom. The molecule has 0 aliphatic carbocycles. The molecule has 110 valence electrons. The molecule has 0 saturated heterocycles. The van der Waals surface area contributed by atoms with Crippen molar-refractivity contribution in [2.24, 2.45) is 0 Å². The third-order valence-electron chi connectivity index (χ3n) is 3.36. The molecule has 0 spiro atoms. The molecule has 1 heterocycles. The number of fused-ring (bicyclic) bond motifs is 1. The summed E-state index contributed by atoms with van der Waals surface area (Å²) in [6, 6.07) is 5.83. The number of nitrogens with one attached hydrogen (secondary N) is 1. The van der Waals surface area contributed by atoms with Crippen LogP contribution in [0.2, 0.25) is 0 Å². The number of para-hydroxylation sites is 1. The summed E-state index contributed by atoms with van der Waals surface area (Å²) in [5.41, 5.74) is 1.02. The molecular formula is C15H22N2O3. The average Bonchev–Trinajstić information content (AvgIpc) is 2.49. The zero-order chi connectivity index (χ0) is 14.4. The van der Waals surface area contributed by atoms with Crippen LogP contribution in [0.4, 0.5) is 0 Å². The van der Waals surface area contributed by atoms with Crippen molar-refractivity contribution >= 4 is 5.91 Å². The number of rotatable bonds is 6. The first-order valence-corrected chi connectivity index (χ1v) is 7.12. The van der Waals surface area contributed by atoms with E-state index >= 15 is 0 Å². The van der Waals surface area contributed by atoms with Crippen molar-refractivity contribution in [3.8, 4) is 11.5 Å². The molecule has 0 aromatic heterocycles. The van der Waals surface area contributed by atoms with E-state index in [2.05, 4.69) is 5.32 Å². The van der Waals surface area contributed by atoms with Gasteiger partial charge >= 0.3 is 0 Å². The first-order valence-electron chi connectivity index (χ1n) is 7.12. The number of carbonyl (C=O) groups excluding carboxylic acids is 1. The molecule has 1 aliphatic heterocycles. The van der Waals surface area contributed by atoms with Gasteiger partial charge in [-0.15, -0.1) is 0 Å². The Morgan fingerprint density at radius 3 is 2.75 bits per heavy atom. The average molecular weight is 278 g/mol. The van der Waals surface area contributed by atoms with Crippen molar-refractivity contribution in [3.63, 3.8) is 0 Å². The van der Waals surface area contributed by atoms with E-state index in [0.717, 1.165) is 30.2 Å². The summed E-state index contributed by atoms with van der Waals surface area (Å²) in [6.45, 7) is 7.56. The highest BCUT2D eigenvalue weighted by molar-refractivity contribution is 5.78. The number of hydrogen-bond donors (Lipinski definition) is 1. The molecule has 5 nitrogen and oxygen atoms in total. The number of amides is 1. The monoisotopic (exact) mass is 278 g/mol. The van der Waals surface area contributed by atoms with E-state index < -0.39 is 0 Å². The summed E-state index contributed by atoms with van der Waals surface area (Å²) in [4.78, 5) is 13.7. The maximum atomic E-state index is 11.9. The van der Waals surface area contributed by atoms with Gasteiger partial charge in [0, 0.05) is 25.2 Å². The van der Waals surface area contributed by atoms with E-state index in [-0.39, 0.29) is 5.91 Å². The standard InChI is InChI=1S/C15H22N2O3/c1-3-17(4-2)14(18)11-16-10-12-6-5-7-13-15(12)20-9-8-19-13/h5-7,16H,3-4,8-11H2,1-2H3. The second-order valence-corrected chi connectivity index (χ2v) is 4.61. The SMILES string of the molecule is CCN(CC)C(=O)CNCc1cccc2c1OCCO2. The zero-order valence-electron chi connectivity index (χ0n) is 12.1. The highest BCUT2D eigenvalue weighted by atomic mass is 16.6. The largest absolute Gasteiger partial charge is 0.486 e. The maximum absolute atomic E-state index is 11.9. The van der Waals surface area contributed by atoms with Crippen LogP contribution in [0.1, 0.15) is 19.4 Å². The Labute approximate surface area is 119 Å². The normalized spacial score (nSPS) is 13.1. The van der Waals surface area contributed by atoms with Crippen LogP contribution in [0.15, 0.2) is 18.2 Å². The fourth-order valence-corrected chi connectivity index (χ4v) is 2.27. The molecule has 1 N–H and O–H groups in total. The summed E-state index contributed by atoms with van der Waals surface area (Å²) in [5.74, 6) is 1.70. The molecule has 1 aromatic carbocycles. The Morgan fingerprint density at radius 2 is 2.00 bits per heavy atom. The smallest absolute Gasteiger partial charge is 0.236 e. The van der Waals surface area contributed by atoms with Gasteiger partial charge < -0.3 is 19.7 Å². The predicted molar refractivity (Wildman–Crippen MR) is 77.1 cm³/mol. The molecule has 0 saturated carbocycles. The van der Waals surface area contributed by atoms with Crippen LogP contribution >= 0.6 is 0 Å². The van der Waals surface area contributed by atoms with Gasteiger partial charge in [0.15, 0.2) is 11.5 Å². The van der Waals surface area contributed by atoms with Crippen molar-refractivity contribution in [2.45, 2.75) is 20.4 Å². The van der Waals surface area contributed by atoms with Crippen molar-refractivity contribution in [3.05, 3.63) is 23.8 Å². The number of ether oxygens (including phenoxy) is 2. The van der Waals surface area contributed by atoms with Gasteiger partial charge in [-0.2, -0.15) is 0 Å². The quantitative estimate of drug-likeness (QED) is 0.855. The Bertz CT molecular complexity index is 458. The lowest BCUT2D eigenvalue weighted by Crippen LogP contribution is -2.37. The predicted octanol–water partition coefficient (Wildman–Crippen LogP) is 1.42. The van der Waals surface area contributed by atoms with E-state index in [1.54, 1.807) is 0 Å². The molecule has 1 aromatic rings. The highest BCUT2D eigenvalue weighted by Gasteiger charge is 2.15. The minimum absolute atomic E-state index is 0.122. The molecule has 1 aliphatic rings. The van der Waals surface area contributed by atoms with Gasteiger partial charge in [-0.25, -0.2) is 0 Å². The Balaban J connectivity index is 1.90. The second-order valence-electron chi connectivity index (χ2n) is 4.61. The van der Waals surface area contributed by atoms with Gasteiger partial charge in [-0.3, -0.25) is 4.79 Å². The molecule has 0 atom stereocenters. The summed E-state index contributed by atoms with van der Waals surface area (Å²) >= 11 is 0. The summed E-state index contributed by atoms with van der Waals surface area (Å²) in [7, 11) is 0. The van der Waals surface area contributed by atoms with Gasteiger partial charge in [-0.1, -0.05) is 12.1 Å². The molecule has 2 rings (SSSR count). The van der Waals surface area contributed by atoms with Crippen LogP contribution in [-0.4, -0.2) is 43.7 Å². The zero-order valence-corrected chi connectivity index (χ0v) is 12.1.